The maximum atomic E-state index is 11.7. The molecule has 0 radical (unpaired) electrons. The topological polar surface area (TPSA) is 35.5 Å². The molecule has 0 bridgehead atoms. The minimum atomic E-state index is -1.90. The Morgan fingerprint density at radius 1 is 0.429 bits per heavy atom. The molecule has 0 spiro atoms. The maximum Gasteiger partial charge on any atom is 0.697 e. The Bertz CT molecular complexity index is 282. The van der Waals surface area contributed by atoms with Crippen LogP contribution in [0.2, 0.25) is 0 Å². The smallest absolute Gasteiger partial charge is 0.119 e. The fourth-order valence-corrected chi connectivity index (χ4v) is 4.13. The molecule has 0 fully saturated rings. The van der Waals surface area contributed by atoms with Crippen molar-refractivity contribution in [1.29, 1.82) is 0 Å². The van der Waals surface area contributed by atoms with Crippen LogP contribution in [0.25, 0.3) is 0 Å². The lowest BCUT2D eigenvalue weighted by Crippen LogP contribution is -1.92. The van der Waals surface area contributed by atoms with Gasteiger partial charge in [0, 0.05) is 4.57 Å². The average molecular weight is 418 g/mol. The molecule has 0 saturated heterocycles. The van der Waals surface area contributed by atoms with Crippen LogP contribution in [0.4, 0.5) is 0 Å². The number of unbranched alkanes of at least 4 members (excludes halogenated alkanes) is 18. The van der Waals surface area contributed by atoms with E-state index in [2.05, 4.69) is 13.8 Å². The summed E-state index contributed by atoms with van der Waals surface area (Å²) in [7, 11) is -1.90. The number of hydrogen-bond acceptors (Lipinski definition) is 3. The summed E-state index contributed by atoms with van der Waals surface area (Å²) in [6.07, 6.45) is 26.1. The third kappa shape index (κ3) is 24.1. The molecular weight excluding hydrogens is 367 g/mol. The summed E-state index contributed by atoms with van der Waals surface area (Å²) in [6, 6.07) is 0. The zero-order chi connectivity index (χ0) is 20.5. The first-order valence-electron chi connectivity index (χ1n) is 12.5. The highest BCUT2D eigenvalue weighted by atomic mass is 31.1. The molecule has 0 N–H and O–H groups in total. The van der Waals surface area contributed by atoms with Crippen LogP contribution in [-0.4, -0.2) is 13.2 Å². The van der Waals surface area contributed by atoms with Crippen molar-refractivity contribution in [3.63, 3.8) is 0 Å². The Labute approximate surface area is 177 Å². The van der Waals surface area contributed by atoms with Gasteiger partial charge in [0.25, 0.3) is 0 Å². The lowest BCUT2D eigenvalue weighted by atomic mass is 10.1. The third-order valence-corrected chi connectivity index (χ3v) is 6.18. The summed E-state index contributed by atoms with van der Waals surface area (Å²) in [5.41, 5.74) is 0. The minimum Gasteiger partial charge on any atom is -0.119 e. The molecule has 0 aromatic heterocycles. The summed E-state index contributed by atoms with van der Waals surface area (Å²) < 4.78 is 22.3. The molecule has 0 aliphatic rings. The molecule has 0 unspecified atom stereocenters. The van der Waals surface area contributed by atoms with Crippen LogP contribution in [0.3, 0.4) is 0 Å². The van der Waals surface area contributed by atoms with E-state index in [0.29, 0.717) is 13.2 Å². The van der Waals surface area contributed by atoms with Gasteiger partial charge in [0.05, 0.1) is 0 Å². The number of rotatable bonds is 24. The molecular formula is C24H50O3P+. The monoisotopic (exact) mass is 417 g/mol. The standard InChI is InChI=1S/C24H50O3P/c1-3-5-7-9-11-13-15-17-19-21-23-26-28(25)27-24-22-20-18-16-14-12-10-8-6-4-2/h3-24H2,1-2H3/q+1. The van der Waals surface area contributed by atoms with Gasteiger partial charge >= 0.3 is 8.25 Å². The van der Waals surface area contributed by atoms with Crippen molar-refractivity contribution in [3.8, 4) is 0 Å². The van der Waals surface area contributed by atoms with E-state index in [0.717, 1.165) is 12.8 Å². The van der Waals surface area contributed by atoms with Gasteiger partial charge in [-0.05, 0) is 12.8 Å². The van der Waals surface area contributed by atoms with Crippen LogP contribution in [0.15, 0.2) is 0 Å². The molecule has 0 aromatic rings. The van der Waals surface area contributed by atoms with Gasteiger partial charge in [-0.15, -0.1) is 9.05 Å². The Morgan fingerprint density at radius 3 is 0.964 bits per heavy atom. The average Bonchev–Trinajstić information content (AvgIpc) is 2.70. The van der Waals surface area contributed by atoms with Crippen LogP contribution in [-0.2, 0) is 13.6 Å². The first-order valence-corrected chi connectivity index (χ1v) is 13.6. The Hall–Kier alpha value is 0.0200. The summed E-state index contributed by atoms with van der Waals surface area (Å²) >= 11 is 0. The van der Waals surface area contributed by atoms with Gasteiger partial charge in [0.1, 0.15) is 13.2 Å². The van der Waals surface area contributed by atoms with E-state index in [1.165, 1.54) is 116 Å². The van der Waals surface area contributed by atoms with Crippen molar-refractivity contribution >= 4 is 8.25 Å². The zero-order valence-electron chi connectivity index (χ0n) is 19.2. The van der Waals surface area contributed by atoms with E-state index in [-0.39, 0.29) is 0 Å². The van der Waals surface area contributed by atoms with E-state index in [9.17, 15) is 4.57 Å². The molecule has 0 aromatic carbocycles. The van der Waals surface area contributed by atoms with E-state index < -0.39 is 8.25 Å². The van der Waals surface area contributed by atoms with Gasteiger partial charge in [-0.2, -0.15) is 0 Å². The van der Waals surface area contributed by atoms with Crippen molar-refractivity contribution in [2.24, 2.45) is 0 Å². The van der Waals surface area contributed by atoms with Crippen LogP contribution in [0, 0.1) is 0 Å². The largest absolute Gasteiger partial charge is 0.697 e. The third-order valence-electron chi connectivity index (χ3n) is 5.39. The molecule has 0 rings (SSSR count). The second-order valence-corrected chi connectivity index (χ2v) is 9.22. The molecule has 4 heteroatoms. The van der Waals surface area contributed by atoms with Gasteiger partial charge < -0.3 is 0 Å². The molecule has 0 amide bonds. The predicted octanol–water partition coefficient (Wildman–Crippen LogP) is 9.52. The summed E-state index contributed by atoms with van der Waals surface area (Å²) in [6.45, 7) is 5.67. The maximum absolute atomic E-state index is 11.7. The van der Waals surface area contributed by atoms with Crippen LogP contribution in [0.1, 0.15) is 142 Å². The van der Waals surface area contributed by atoms with E-state index in [4.69, 9.17) is 9.05 Å². The van der Waals surface area contributed by atoms with Crippen molar-refractivity contribution in [2.45, 2.75) is 142 Å². The molecule has 28 heavy (non-hydrogen) atoms. The molecule has 0 heterocycles. The van der Waals surface area contributed by atoms with Gasteiger partial charge in [-0.25, -0.2) is 0 Å². The predicted molar refractivity (Wildman–Crippen MR) is 123 cm³/mol. The summed E-state index contributed by atoms with van der Waals surface area (Å²) in [4.78, 5) is 0. The van der Waals surface area contributed by atoms with Crippen LogP contribution >= 0.6 is 8.25 Å². The van der Waals surface area contributed by atoms with E-state index in [1.54, 1.807) is 0 Å². The normalized spacial score (nSPS) is 11.2. The summed E-state index contributed by atoms with van der Waals surface area (Å²) in [5, 5.41) is 0. The minimum absolute atomic E-state index is 0.573. The van der Waals surface area contributed by atoms with Crippen molar-refractivity contribution in [2.75, 3.05) is 13.2 Å². The summed E-state index contributed by atoms with van der Waals surface area (Å²) in [5.74, 6) is 0. The number of hydrogen-bond donors (Lipinski definition) is 0. The molecule has 0 atom stereocenters. The Balaban J connectivity index is 3.13. The van der Waals surface area contributed by atoms with Crippen LogP contribution < -0.4 is 0 Å². The molecule has 168 valence electrons. The lowest BCUT2D eigenvalue weighted by Gasteiger charge is -2.01. The second-order valence-electron chi connectivity index (χ2n) is 8.25. The first-order chi connectivity index (χ1) is 13.8. The highest BCUT2D eigenvalue weighted by Gasteiger charge is 2.18. The zero-order valence-corrected chi connectivity index (χ0v) is 20.1. The lowest BCUT2D eigenvalue weighted by molar-refractivity contribution is 0.218. The molecule has 3 nitrogen and oxygen atoms in total. The van der Waals surface area contributed by atoms with Crippen LogP contribution in [0.5, 0.6) is 0 Å². The first kappa shape index (κ1) is 28.0. The van der Waals surface area contributed by atoms with Crippen molar-refractivity contribution in [3.05, 3.63) is 0 Å². The Morgan fingerprint density at radius 2 is 0.679 bits per heavy atom. The molecule has 0 aliphatic carbocycles. The highest BCUT2D eigenvalue weighted by molar-refractivity contribution is 7.33. The highest BCUT2D eigenvalue weighted by Crippen LogP contribution is 2.25. The van der Waals surface area contributed by atoms with Crippen molar-refractivity contribution < 1.29 is 13.6 Å². The van der Waals surface area contributed by atoms with Crippen molar-refractivity contribution in [1.82, 2.24) is 0 Å². The Kier molecular flexibility index (Phi) is 25.1. The quantitative estimate of drug-likeness (QED) is 0.116. The van der Waals surface area contributed by atoms with Gasteiger partial charge in [-0.3, -0.25) is 0 Å². The van der Waals surface area contributed by atoms with E-state index in [1.807, 2.05) is 0 Å². The fourth-order valence-electron chi connectivity index (χ4n) is 3.49. The van der Waals surface area contributed by atoms with E-state index >= 15 is 0 Å². The SMILES string of the molecule is CCCCCCCCCCCCO[P+](=O)OCCCCCCCCCCCC. The second kappa shape index (κ2) is 25.1. The van der Waals surface area contributed by atoms with Gasteiger partial charge in [-0.1, -0.05) is 129 Å². The molecule has 0 aliphatic heterocycles. The molecule has 0 saturated carbocycles. The van der Waals surface area contributed by atoms with Gasteiger partial charge in [0.15, 0.2) is 0 Å². The fraction of sp³-hybridized carbons (Fsp3) is 1.00. The van der Waals surface area contributed by atoms with Gasteiger partial charge in [0.2, 0.25) is 0 Å².